The van der Waals surface area contributed by atoms with Crippen molar-refractivity contribution >= 4 is 11.7 Å². The molecule has 0 bridgehead atoms. The van der Waals surface area contributed by atoms with E-state index in [1.807, 2.05) is 13.8 Å². The van der Waals surface area contributed by atoms with Crippen molar-refractivity contribution in [3.63, 3.8) is 0 Å². The van der Waals surface area contributed by atoms with Gasteiger partial charge in [0.15, 0.2) is 0 Å². The van der Waals surface area contributed by atoms with E-state index >= 15 is 0 Å². The molecule has 0 radical (unpaired) electrons. The first kappa shape index (κ1) is 18.5. The standard InChI is InChI=1S/C18H22FN3O3/c1-13(2)25-17-16(5-4-10-20-17)21-18(23)22(3)11-12-24-15-8-6-14(19)7-9-15/h4-10,13H,11-12H2,1-3H3,(H,21,23). The van der Waals surface area contributed by atoms with E-state index in [4.69, 9.17) is 9.47 Å². The molecule has 1 aromatic heterocycles. The molecule has 25 heavy (non-hydrogen) atoms. The Balaban J connectivity index is 1.85. The topological polar surface area (TPSA) is 63.7 Å². The number of nitrogens with zero attached hydrogens (tertiary/aromatic N) is 2. The number of anilines is 1. The van der Waals surface area contributed by atoms with Gasteiger partial charge < -0.3 is 19.7 Å². The first-order valence-electron chi connectivity index (χ1n) is 7.98. The van der Waals surface area contributed by atoms with E-state index in [1.165, 1.54) is 17.0 Å². The molecular formula is C18H22FN3O3. The molecule has 0 saturated carbocycles. The van der Waals surface area contributed by atoms with Crippen LogP contribution in [0.5, 0.6) is 11.6 Å². The van der Waals surface area contributed by atoms with Gasteiger partial charge in [-0.3, -0.25) is 0 Å². The number of hydrogen-bond donors (Lipinski definition) is 1. The van der Waals surface area contributed by atoms with Gasteiger partial charge in [-0.05, 0) is 50.2 Å². The van der Waals surface area contributed by atoms with E-state index in [2.05, 4.69) is 10.3 Å². The molecule has 6 nitrogen and oxygen atoms in total. The van der Waals surface area contributed by atoms with Gasteiger partial charge in [-0.15, -0.1) is 0 Å². The number of nitrogens with one attached hydrogen (secondary N) is 1. The van der Waals surface area contributed by atoms with E-state index < -0.39 is 0 Å². The van der Waals surface area contributed by atoms with Crippen LogP contribution in [0.1, 0.15) is 13.8 Å². The van der Waals surface area contributed by atoms with E-state index in [0.29, 0.717) is 23.9 Å². The molecule has 0 saturated heterocycles. The third-order valence-corrected chi connectivity index (χ3v) is 3.22. The molecule has 0 aliphatic carbocycles. The van der Waals surface area contributed by atoms with Gasteiger partial charge in [-0.2, -0.15) is 0 Å². The molecule has 1 heterocycles. The van der Waals surface area contributed by atoms with E-state index in [0.717, 1.165) is 0 Å². The Morgan fingerprint density at radius 1 is 1.28 bits per heavy atom. The molecule has 0 spiro atoms. The van der Waals surface area contributed by atoms with Crippen LogP contribution in [-0.2, 0) is 0 Å². The maximum atomic E-state index is 12.8. The summed E-state index contributed by atoms with van der Waals surface area (Å²) in [6.07, 6.45) is 1.56. The second-order valence-electron chi connectivity index (χ2n) is 5.68. The number of hydrogen-bond acceptors (Lipinski definition) is 4. The van der Waals surface area contributed by atoms with Crippen LogP contribution in [0.4, 0.5) is 14.9 Å². The lowest BCUT2D eigenvalue weighted by atomic mass is 10.3. The Bertz CT molecular complexity index is 692. The van der Waals surface area contributed by atoms with Crippen LogP contribution in [0, 0.1) is 5.82 Å². The molecular weight excluding hydrogens is 325 g/mol. The number of carbonyl (C=O) groups excluding carboxylic acids is 1. The average Bonchev–Trinajstić information content (AvgIpc) is 2.58. The second kappa shape index (κ2) is 8.86. The summed E-state index contributed by atoms with van der Waals surface area (Å²) in [6, 6.07) is 8.88. The molecule has 2 rings (SSSR count). The van der Waals surface area contributed by atoms with Crippen LogP contribution < -0.4 is 14.8 Å². The Hall–Kier alpha value is -2.83. The second-order valence-corrected chi connectivity index (χ2v) is 5.68. The van der Waals surface area contributed by atoms with Crippen molar-refractivity contribution in [2.75, 3.05) is 25.5 Å². The summed E-state index contributed by atoms with van der Waals surface area (Å²) in [4.78, 5) is 17.9. The van der Waals surface area contributed by atoms with Crippen LogP contribution >= 0.6 is 0 Å². The smallest absolute Gasteiger partial charge is 0.321 e. The number of carbonyl (C=O) groups is 1. The van der Waals surface area contributed by atoms with Crippen LogP contribution in [0.15, 0.2) is 42.6 Å². The lowest BCUT2D eigenvalue weighted by molar-refractivity contribution is 0.207. The first-order chi connectivity index (χ1) is 12.0. The van der Waals surface area contributed by atoms with Crippen molar-refractivity contribution in [1.82, 2.24) is 9.88 Å². The SMILES string of the molecule is CC(C)Oc1ncccc1NC(=O)N(C)CCOc1ccc(F)cc1. The van der Waals surface area contributed by atoms with Crippen molar-refractivity contribution in [3.8, 4) is 11.6 Å². The number of amides is 2. The molecule has 0 atom stereocenters. The Morgan fingerprint density at radius 3 is 2.68 bits per heavy atom. The summed E-state index contributed by atoms with van der Waals surface area (Å²) < 4.78 is 23.9. The fraction of sp³-hybridized carbons (Fsp3) is 0.333. The monoisotopic (exact) mass is 347 g/mol. The van der Waals surface area contributed by atoms with Gasteiger partial charge in [-0.25, -0.2) is 14.2 Å². The van der Waals surface area contributed by atoms with Crippen LogP contribution in [0.2, 0.25) is 0 Å². The average molecular weight is 347 g/mol. The van der Waals surface area contributed by atoms with Gasteiger partial charge in [-0.1, -0.05) is 0 Å². The largest absolute Gasteiger partial charge is 0.492 e. The lowest BCUT2D eigenvalue weighted by Crippen LogP contribution is -2.34. The van der Waals surface area contributed by atoms with Gasteiger partial charge in [0.2, 0.25) is 5.88 Å². The zero-order valence-electron chi connectivity index (χ0n) is 14.5. The summed E-state index contributed by atoms with van der Waals surface area (Å²) in [7, 11) is 1.66. The minimum absolute atomic E-state index is 0.0487. The zero-order chi connectivity index (χ0) is 18.2. The fourth-order valence-electron chi connectivity index (χ4n) is 1.95. The highest BCUT2D eigenvalue weighted by Crippen LogP contribution is 2.22. The third-order valence-electron chi connectivity index (χ3n) is 3.22. The van der Waals surface area contributed by atoms with Gasteiger partial charge >= 0.3 is 6.03 Å². The molecule has 2 amide bonds. The molecule has 0 aliphatic rings. The summed E-state index contributed by atoms with van der Waals surface area (Å²) in [5.74, 6) is 0.608. The summed E-state index contributed by atoms with van der Waals surface area (Å²) >= 11 is 0. The highest BCUT2D eigenvalue weighted by molar-refractivity contribution is 5.90. The maximum absolute atomic E-state index is 12.8. The first-order valence-corrected chi connectivity index (χ1v) is 7.98. The molecule has 1 aromatic carbocycles. The summed E-state index contributed by atoms with van der Waals surface area (Å²) in [5.41, 5.74) is 0.507. The van der Waals surface area contributed by atoms with E-state index in [1.54, 1.807) is 37.5 Å². The van der Waals surface area contributed by atoms with E-state index in [-0.39, 0.29) is 24.6 Å². The van der Waals surface area contributed by atoms with Crippen molar-refractivity contribution in [3.05, 3.63) is 48.4 Å². The minimum atomic E-state index is -0.320. The zero-order valence-corrected chi connectivity index (χ0v) is 14.5. The van der Waals surface area contributed by atoms with Gasteiger partial charge in [0.1, 0.15) is 23.9 Å². The Morgan fingerprint density at radius 2 is 2.00 bits per heavy atom. The molecule has 1 N–H and O–H groups in total. The van der Waals surface area contributed by atoms with E-state index in [9.17, 15) is 9.18 Å². The summed E-state index contributed by atoms with van der Waals surface area (Å²) in [6.45, 7) is 4.43. The van der Waals surface area contributed by atoms with Crippen molar-refractivity contribution in [2.45, 2.75) is 20.0 Å². The molecule has 2 aromatic rings. The number of likely N-dealkylation sites (N-methyl/N-ethyl adjacent to an activating group) is 1. The number of urea groups is 1. The summed E-state index contributed by atoms with van der Waals surface area (Å²) in [5, 5.41) is 2.77. The van der Waals surface area contributed by atoms with Crippen molar-refractivity contribution in [1.29, 1.82) is 0 Å². The molecule has 0 aliphatic heterocycles. The quantitative estimate of drug-likeness (QED) is 0.832. The predicted octanol–water partition coefficient (Wildman–Crippen LogP) is 3.55. The predicted molar refractivity (Wildman–Crippen MR) is 93.5 cm³/mol. The minimum Gasteiger partial charge on any atom is -0.492 e. The van der Waals surface area contributed by atoms with Gasteiger partial charge in [0.05, 0.1) is 12.6 Å². The number of rotatable bonds is 7. The highest BCUT2D eigenvalue weighted by atomic mass is 19.1. The number of benzene rings is 1. The molecule has 7 heteroatoms. The molecule has 134 valence electrons. The fourth-order valence-corrected chi connectivity index (χ4v) is 1.95. The van der Waals surface area contributed by atoms with Gasteiger partial charge in [0, 0.05) is 13.2 Å². The normalized spacial score (nSPS) is 10.4. The lowest BCUT2D eigenvalue weighted by Gasteiger charge is -2.19. The molecule has 0 unspecified atom stereocenters. The molecule has 0 fully saturated rings. The van der Waals surface area contributed by atoms with Crippen molar-refractivity contribution < 1.29 is 18.7 Å². The third kappa shape index (κ3) is 5.95. The van der Waals surface area contributed by atoms with Gasteiger partial charge in [0.25, 0.3) is 0 Å². The number of pyridine rings is 1. The number of aromatic nitrogens is 1. The highest BCUT2D eigenvalue weighted by Gasteiger charge is 2.13. The number of halogens is 1. The van der Waals surface area contributed by atoms with Crippen LogP contribution in [0.3, 0.4) is 0 Å². The maximum Gasteiger partial charge on any atom is 0.321 e. The Labute approximate surface area is 146 Å². The van der Waals surface area contributed by atoms with Crippen LogP contribution in [0.25, 0.3) is 0 Å². The van der Waals surface area contributed by atoms with Crippen molar-refractivity contribution in [2.24, 2.45) is 0 Å². The Kier molecular flexibility index (Phi) is 6.56. The number of ether oxygens (including phenoxy) is 2. The van der Waals surface area contributed by atoms with Crippen LogP contribution in [-0.4, -0.2) is 42.2 Å².